The van der Waals surface area contributed by atoms with Crippen molar-refractivity contribution in [1.82, 2.24) is 15.3 Å². The Morgan fingerprint density at radius 1 is 1.00 bits per heavy atom. The molecule has 0 aliphatic rings. The molecule has 2 rings (SSSR count). The predicted octanol–water partition coefficient (Wildman–Crippen LogP) is 3.11. The lowest BCUT2D eigenvalue weighted by molar-refractivity contribution is 0.208. The number of thiocarbonyl (C=S) groups is 1. The number of guanidine groups is 1. The van der Waals surface area contributed by atoms with Crippen LogP contribution in [-0.4, -0.2) is 41.3 Å². The van der Waals surface area contributed by atoms with E-state index in [1.165, 1.54) is 0 Å². The lowest BCUT2D eigenvalue weighted by Gasteiger charge is -2.15. The van der Waals surface area contributed by atoms with Crippen molar-refractivity contribution in [3.05, 3.63) is 46.8 Å². The number of ether oxygens (including phenoxy) is 1. The first-order chi connectivity index (χ1) is 12.9. The average Bonchev–Trinajstić information content (AvgIpc) is 2.52. The third kappa shape index (κ3) is 7.28. The third-order valence-corrected chi connectivity index (χ3v) is 3.69. The molecule has 0 fully saturated rings. The molecule has 0 bridgehead atoms. The van der Waals surface area contributed by atoms with Crippen molar-refractivity contribution >= 4 is 34.9 Å². The number of hydrogen-bond acceptors (Lipinski definition) is 5. The summed E-state index contributed by atoms with van der Waals surface area (Å²) in [7, 11) is 1.63. The monoisotopic (exact) mass is 386 g/mol. The Kier molecular flexibility index (Phi) is 7.63. The Bertz CT molecular complexity index is 796. The Labute approximate surface area is 165 Å². The lowest BCUT2D eigenvalue weighted by Crippen LogP contribution is -2.39. The zero-order chi connectivity index (χ0) is 19.8. The van der Waals surface area contributed by atoms with Crippen LogP contribution in [0.5, 0.6) is 0 Å². The molecule has 1 aromatic carbocycles. The predicted molar refractivity (Wildman–Crippen MR) is 115 cm³/mol. The molecular formula is C19H26N6OS. The number of nitrogens with zero attached hydrogens (tertiary/aromatic N) is 3. The molecular weight excluding hydrogens is 360 g/mol. The average molecular weight is 387 g/mol. The second-order valence-corrected chi connectivity index (χ2v) is 6.69. The molecule has 0 amide bonds. The van der Waals surface area contributed by atoms with Gasteiger partial charge in [0, 0.05) is 24.2 Å². The van der Waals surface area contributed by atoms with Gasteiger partial charge in [-0.25, -0.2) is 9.97 Å². The highest BCUT2D eigenvalue weighted by molar-refractivity contribution is 7.80. The van der Waals surface area contributed by atoms with E-state index in [1.807, 2.05) is 45.9 Å². The molecule has 0 saturated carbocycles. The number of benzene rings is 1. The van der Waals surface area contributed by atoms with Crippen molar-refractivity contribution in [3.63, 3.8) is 0 Å². The van der Waals surface area contributed by atoms with Crippen molar-refractivity contribution in [1.29, 1.82) is 0 Å². The number of rotatable bonds is 5. The molecule has 0 aliphatic heterocycles. The molecule has 144 valence electrons. The van der Waals surface area contributed by atoms with E-state index in [0.29, 0.717) is 30.2 Å². The van der Waals surface area contributed by atoms with E-state index in [4.69, 9.17) is 17.0 Å². The van der Waals surface area contributed by atoms with E-state index in [0.717, 1.165) is 28.2 Å². The maximum absolute atomic E-state index is 5.43. The lowest BCUT2D eigenvalue weighted by atomic mass is 10.1. The molecule has 1 heterocycles. The second kappa shape index (κ2) is 9.94. The van der Waals surface area contributed by atoms with Crippen LogP contribution in [0, 0.1) is 27.7 Å². The Balaban J connectivity index is 2.11. The van der Waals surface area contributed by atoms with Crippen molar-refractivity contribution in [2.45, 2.75) is 27.7 Å². The van der Waals surface area contributed by atoms with Crippen LogP contribution in [0.15, 0.2) is 29.3 Å². The van der Waals surface area contributed by atoms with Crippen LogP contribution < -0.4 is 16.0 Å². The summed E-state index contributed by atoms with van der Waals surface area (Å²) in [5.74, 6) is 0.921. The summed E-state index contributed by atoms with van der Waals surface area (Å²) in [5.41, 5.74) is 4.99. The highest BCUT2D eigenvalue weighted by Gasteiger charge is 2.07. The fourth-order valence-electron chi connectivity index (χ4n) is 2.56. The summed E-state index contributed by atoms with van der Waals surface area (Å²) in [5, 5.41) is 9.77. The molecule has 0 atom stereocenters. The number of anilines is 2. The van der Waals surface area contributed by atoms with Gasteiger partial charge in [0.05, 0.1) is 13.2 Å². The topological polar surface area (TPSA) is 83.5 Å². The standard InChI is InChI=1S/C19H26N6OS/c1-12-8-13(2)10-16(9-12)23-19(27)25-17(20-6-7-26-5)24-18-21-14(3)11-15(4)22-18/h8-11H,6-7H2,1-5H3,(H3,20,21,22,23,24,25,27). The highest BCUT2D eigenvalue weighted by Crippen LogP contribution is 2.13. The molecule has 7 nitrogen and oxygen atoms in total. The summed E-state index contributed by atoms with van der Waals surface area (Å²) in [6, 6.07) is 8.08. The van der Waals surface area contributed by atoms with Gasteiger partial charge in [-0.15, -0.1) is 0 Å². The molecule has 0 radical (unpaired) electrons. The van der Waals surface area contributed by atoms with Crippen LogP contribution in [0.2, 0.25) is 0 Å². The number of hydrogen-bond donors (Lipinski definition) is 3. The summed E-state index contributed by atoms with van der Waals surface area (Å²) in [6.45, 7) is 8.90. The van der Waals surface area contributed by atoms with Gasteiger partial charge in [-0.05, 0) is 69.2 Å². The van der Waals surface area contributed by atoms with Gasteiger partial charge in [-0.2, -0.15) is 0 Å². The van der Waals surface area contributed by atoms with Crippen molar-refractivity contribution in [3.8, 4) is 0 Å². The summed E-state index contributed by atoms with van der Waals surface area (Å²) in [4.78, 5) is 13.2. The minimum absolute atomic E-state index is 0.424. The molecule has 1 aromatic heterocycles. The summed E-state index contributed by atoms with van der Waals surface area (Å²) >= 11 is 5.43. The van der Waals surface area contributed by atoms with Gasteiger partial charge >= 0.3 is 0 Å². The molecule has 0 spiro atoms. The molecule has 27 heavy (non-hydrogen) atoms. The smallest absolute Gasteiger partial charge is 0.229 e. The highest BCUT2D eigenvalue weighted by atomic mass is 32.1. The van der Waals surface area contributed by atoms with Crippen LogP contribution in [0.4, 0.5) is 11.6 Å². The summed E-state index contributed by atoms with van der Waals surface area (Å²) in [6.07, 6.45) is 0. The van der Waals surface area contributed by atoms with E-state index in [1.54, 1.807) is 7.11 Å². The largest absolute Gasteiger partial charge is 0.383 e. The van der Waals surface area contributed by atoms with Gasteiger partial charge in [-0.1, -0.05) is 6.07 Å². The van der Waals surface area contributed by atoms with E-state index in [9.17, 15) is 0 Å². The Morgan fingerprint density at radius 3 is 2.22 bits per heavy atom. The van der Waals surface area contributed by atoms with Gasteiger partial charge in [0.15, 0.2) is 5.11 Å². The van der Waals surface area contributed by atoms with Gasteiger partial charge in [0.25, 0.3) is 0 Å². The van der Waals surface area contributed by atoms with E-state index in [2.05, 4.69) is 37.0 Å². The number of aryl methyl sites for hydroxylation is 4. The van der Waals surface area contributed by atoms with Gasteiger partial charge in [-0.3, -0.25) is 10.3 Å². The summed E-state index contributed by atoms with van der Waals surface area (Å²) < 4.78 is 5.07. The normalized spacial score (nSPS) is 11.2. The van der Waals surface area contributed by atoms with Crippen molar-refractivity contribution in [2.24, 2.45) is 4.99 Å². The third-order valence-electron chi connectivity index (χ3n) is 3.49. The van der Waals surface area contributed by atoms with Crippen molar-refractivity contribution in [2.75, 3.05) is 30.9 Å². The SMILES string of the molecule is COCCN=C(NC(=S)Nc1cc(C)cc(C)c1)Nc1nc(C)cc(C)n1. The first kappa shape index (κ1) is 20.7. The number of aliphatic imine (C=N–C) groups is 1. The quantitative estimate of drug-likeness (QED) is 0.315. The first-order valence-corrected chi connectivity index (χ1v) is 9.05. The van der Waals surface area contributed by atoms with E-state index >= 15 is 0 Å². The van der Waals surface area contributed by atoms with E-state index < -0.39 is 0 Å². The molecule has 3 N–H and O–H groups in total. The maximum Gasteiger partial charge on any atom is 0.229 e. The molecule has 0 unspecified atom stereocenters. The van der Waals surface area contributed by atoms with Crippen LogP contribution in [0.1, 0.15) is 22.5 Å². The minimum Gasteiger partial charge on any atom is -0.383 e. The fourth-order valence-corrected chi connectivity index (χ4v) is 2.78. The number of methoxy groups -OCH3 is 1. The molecule has 0 saturated heterocycles. The first-order valence-electron chi connectivity index (χ1n) is 8.64. The van der Waals surface area contributed by atoms with Crippen LogP contribution in [-0.2, 0) is 4.74 Å². The van der Waals surface area contributed by atoms with Crippen molar-refractivity contribution < 1.29 is 4.74 Å². The fraction of sp³-hybridized carbons (Fsp3) is 0.368. The van der Waals surface area contributed by atoms with E-state index in [-0.39, 0.29) is 0 Å². The van der Waals surface area contributed by atoms with Gasteiger partial charge in [0.1, 0.15) is 0 Å². The van der Waals surface area contributed by atoms with Gasteiger partial charge < -0.3 is 15.4 Å². The maximum atomic E-state index is 5.43. The molecule has 0 aliphatic carbocycles. The van der Waals surface area contributed by atoms with Crippen LogP contribution >= 0.6 is 12.2 Å². The van der Waals surface area contributed by atoms with Gasteiger partial charge in [0.2, 0.25) is 11.9 Å². The Morgan fingerprint density at radius 2 is 1.63 bits per heavy atom. The molecule has 2 aromatic rings. The zero-order valence-corrected chi connectivity index (χ0v) is 17.2. The number of aromatic nitrogens is 2. The zero-order valence-electron chi connectivity index (χ0n) is 16.4. The molecule has 8 heteroatoms. The minimum atomic E-state index is 0.424. The van der Waals surface area contributed by atoms with Crippen LogP contribution in [0.3, 0.4) is 0 Å². The number of nitrogens with one attached hydrogen (secondary N) is 3. The second-order valence-electron chi connectivity index (χ2n) is 6.28. The Hall–Kier alpha value is -2.58. The van der Waals surface area contributed by atoms with Crippen LogP contribution in [0.25, 0.3) is 0 Å².